The molecule has 1 saturated heterocycles. The van der Waals surface area contributed by atoms with Crippen LogP contribution in [0.25, 0.3) is 46.4 Å². The van der Waals surface area contributed by atoms with Crippen molar-refractivity contribution in [3.8, 4) is 5.75 Å². The van der Waals surface area contributed by atoms with Crippen molar-refractivity contribution in [1.29, 1.82) is 0 Å². The van der Waals surface area contributed by atoms with Crippen LogP contribution in [-0.2, 0) is 4.74 Å². The Morgan fingerprint density at radius 2 is 1.49 bits per heavy atom. The van der Waals surface area contributed by atoms with Gasteiger partial charge in [0.25, 0.3) is 5.56 Å². The predicted molar refractivity (Wildman–Crippen MR) is 155 cm³/mol. The van der Waals surface area contributed by atoms with E-state index in [-0.39, 0.29) is 13.0 Å². The van der Waals surface area contributed by atoms with Crippen molar-refractivity contribution < 1.29 is 14.6 Å². The van der Waals surface area contributed by atoms with Crippen LogP contribution in [0.5, 0.6) is 5.75 Å². The van der Waals surface area contributed by atoms with Crippen LogP contribution in [0.15, 0.2) is 58.3 Å². The molecule has 0 aliphatic carbocycles. The van der Waals surface area contributed by atoms with E-state index in [4.69, 9.17) is 19.4 Å². The van der Waals surface area contributed by atoms with Gasteiger partial charge in [0.05, 0.1) is 17.5 Å². The average Bonchev–Trinajstić information content (AvgIpc) is 3.77. The SMILES string of the molecule is Cc1cn([C@H]2C[C@H](O)[C@@H](COc3c4nc(cc5ccc(cc6ccc(cc7nc3C=C7)[nH]6)[nH]5)C=C4)O2)c(=O)[nH]c1=O. The lowest BCUT2D eigenvalue weighted by atomic mass is 10.2. The van der Waals surface area contributed by atoms with E-state index in [1.807, 2.05) is 66.8 Å². The second-order valence-electron chi connectivity index (χ2n) is 10.2. The number of H-pyrrole nitrogens is 3. The molecule has 0 amide bonds. The zero-order valence-electron chi connectivity index (χ0n) is 22.0. The predicted octanol–water partition coefficient (Wildman–Crippen LogP) is 3.54. The van der Waals surface area contributed by atoms with Crippen LogP contribution in [0, 0.1) is 6.92 Å². The van der Waals surface area contributed by atoms with Crippen molar-refractivity contribution in [2.24, 2.45) is 0 Å². The van der Waals surface area contributed by atoms with E-state index in [0.717, 1.165) is 33.5 Å². The van der Waals surface area contributed by atoms with Crippen molar-refractivity contribution in [2.45, 2.75) is 31.8 Å². The number of hydrogen-bond acceptors (Lipinski definition) is 7. The average molecular weight is 551 g/mol. The lowest BCUT2D eigenvalue weighted by molar-refractivity contribution is -0.0411. The maximum absolute atomic E-state index is 12.4. The Kier molecular flexibility index (Phi) is 6.02. The number of aliphatic hydroxyl groups excluding tert-OH is 1. The highest BCUT2D eigenvalue weighted by Crippen LogP contribution is 2.32. The summed E-state index contributed by atoms with van der Waals surface area (Å²) in [5.41, 5.74) is 5.72. The van der Waals surface area contributed by atoms with Gasteiger partial charge in [0, 0.05) is 40.2 Å². The molecule has 0 saturated carbocycles. The van der Waals surface area contributed by atoms with Gasteiger partial charge in [0.1, 0.15) is 30.3 Å². The van der Waals surface area contributed by atoms with Crippen LogP contribution in [-0.4, -0.2) is 53.4 Å². The lowest BCUT2D eigenvalue weighted by Crippen LogP contribution is -2.33. The molecule has 3 atom stereocenters. The molecular weight excluding hydrogens is 524 g/mol. The number of ether oxygens (including phenoxy) is 2. The Labute approximate surface area is 232 Å². The molecule has 0 unspecified atom stereocenters. The number of aromatic nitrogens is 6. The molecule has 4 aromatic heterocycles. The molecule has 11 heteroatoms. The van der Waals surface area contributed by atoms with Gasteiger partial charge < -0.3 is 24.5 Å². The number of nitrogens with zero attached hydrogens (tertiary/aromatic N) is 3. The van der Waals surface area contributed by atoms with Crippen molar-refractivity contribution in [3.63, 3.8) is 0 Å². The van der Waals surface area contributed by atoms with Gasteiger partial charge in [-0.1, -0.05) is 0 Å². The van der Waals surface area contributed by atoms with Crippen molar-refractivity contribution in [1.82, 2.24) is 29.5 Å². The first-order chi connectivity index (χ1) is 19.9. The Morgan fingerprint density at radius 3 is 2.10 bits per heavy atom. The zero-order valence-corrected chi connectivity index (χ0v) is 22.0. The van der Waals surface area contributed by atoms with Gasteiger partial charge in [-0.3, -0.25) is 14.3 Å². The summed E-state index contributed by atoms with van der Waals surface area (Å²) in [4.78, 5) is 42.7. The largest absolute Gasteiger partial charge is 0.486 e. The third-order valence-electron chi connectivity index (χ3n) is 7.22. The molecule has 4 aromatic rings. The summed E-state index contributed by atoms with van der Waals surface area (Å²) in [6.45, 7) is 1.60. The first-order valence-electron chi connectivity index (χ1n) is 13.2. The second kappa shape index (κ2) is 9.88. The fraction of sp³-hybridized carbons (Fsp3) is 0.200. The summed E-state index contributed by atoms with van der Waals surface area (Å²) in [7, 11) is 0. The minimum atomic E-state index is -0.889. The highest BCUT2D eigenvalue weighted by molar-refractivity contribution is 5.81. The van der Waals surface area contributed by atoms with Crippen LogP contribution >= 0.6 is 0 Å². The molecule has 206 valence electrons. The van der Waals surface area contributed by atoms with Gasteiger partial charge in [-0.25, -0.2) is 14.8 Å². The molecule has 4 N–H and O–H groups in total. The molecule has 3 aliphatic rings. The molecule has 0 radical (unpaired) electrons. The highest BCUT2D eigenvalue weighted by atomic mass is 16.6. The van der Waals surface area contributed by atoms with Crippen LogP contribution in [0.4, 0.5) is 0 Å². The molecule has 0 spiro atoms. The standard InChI is InChI=1S/C30H26N6O5/c1-16-14-36(30(39)35-29(16)38)27-13-25(37)26(41-27)15-40-28-23-8-6-21(33-23)11-19-4-2-17(31-19)10-18-3-5-20(32-18)12-22-7-9-24(28)34-22/h2-12,14,25-27,31-32,37H,13,15H2,1H3,(H,35,38,39)/t25-,26+,27+/m0/s1. The minimum Gasteiger partial charge on any atom is -0.486 e. The Balaban J connectivity index is 1.26. The smallest absolute Gasteiger partial charge is 0.330 e. The van der Waals surface area contributed by atoms with Crippen molar-refractivity contribution >= 4 is 46.4 Å². The fourth-order valence-corrected chi connectivity index (χ4v) is 5.13. The molecule has 7 heterocycles. The number of fused-ring (bicyclic) bond motifs is 8. The number of aromatic amines is 3. The Bertz CT molecular complexity index is 1920. The third-order valence-corrected chi connectivity index (χ3v) is 7.22. The molecule has 0 aromatic carbocycles. The summed E-state index contributed by atoms with van der Waals surface area (Å²) >= 11 is 0. The summed E-state index contributed by atoms with van der Waals surface area (Å²) in [5.74, 6) is 0.445. The van der Waals surface area contributed by atoms with Gasteiger partial charge in [-0.15, -0.1) is 0 Å². The maximum atomic E-state index is 12.4. The quantitative estimate of drug-likeness (QED) is 0.262. The summed E-state index contributed by atoms with van der Waals surface area (Å²) in [5, 5.41) is 10.8. The minimum absolute atomic E-state index is 0.00227. The van der Waals surface area contributed by atoms with E-state index in [1.165, 1.54) is 10.8 Å². The molecular formula is C30H26N6O5. The van der Waals surface area contributed by atoms with E-state index < -0.39 is 29.7 Å². The van der Waals surface area contributed by atoms with E-state index in [0.29, 0.717) is 22.7 Å². The highest BCUT2D eigenvalue weighted by Gasteiger charge is 2.36. The Hall–Kier alpha value is -5.00. The Morgan fingerprint density at radius 1 is 0.902 bits per heavy atom. The van der Waals surface area contributed by atoms with Crippen LogP contribution in [0.2, 0.25) is 0 Å². The molecule has 7 rings (SSSR count). The van der Waals surface area contributed by atoms with Crippen LogP contribution in [0.1, 0.15) is 41.0 Å². The molecule has 3 aliphatic heterocycles. The topological polar surface area (TPSA) is 151 Å². The maximum Gasteiger partial charge on any atom is 0.330 e. The number of rotatable bonds is 4. The zero-order chi connectivity index (χ0) is 28.1. The molecule has 11 nitrogen and oxygen atoms in total. The van der Waals surface area contributed by atoms with Gasteiger partial charge in [-0.05, 0) is 73.7 Å². The normalized spacial score (nSPS) is 19.6. The van der Waals surface area contributed by atoms with Gasteiger partial charge in [0.2, 0.25) is 0 Å². The van der Waals surface area contributed by atoms with E-state index in [9.17, 15) is 14.7 Å². The number of aryl methyl sites for hydroxylation is 1. The van der Waals surface area contributed by atoms with Gasteiger partial charge >= 0.3 is 5.69 Å². The van der Waals surface area contributed by atoms with E-state index in [2.05, 4.69) is 15.0 Å². The van der Waals surface area contributed by atoms with E-state index in [1.54, 1.807) is 6.92 Å². The monoisotopic (exact) mass is 550 g/mol. The van der Waals surface area contributed by atoms with Crippen molar-refractivity contribution in [3.05, 3.63) is 97.8 Å². The lowest BCUT2D eigenvalue weighted by Gasteiger charge is -2.17. The van der Waals surface area contributed by atoms with E-state index >= 15 is 0 Å². The number of nitrogens with one attached hydrogen (secondary N) is 3. The summed E-state index contributed by atoms with van der Waals surface area (Å²) in [6, 6.07) is 13.9. The summed E-state index contributed by atoms with van der Waals surface area (Å²) in [6.07, 6.45) is 6.78. The second-order valence-corrected chi connectivity index (χ2v) is 10.2. The first kappa shape index (κ1) is 25.0. The summed E-state index contributed by atoms with van der Waals surface area (Å²) < 4.78 is 13.6. The fourth-order valence-electron chi connectivity index (χ4n) is 5.13. The number of aliphatic hydroxyl groups is 1. The van der Waals surface area contributed by atoms with Crippen molar-refractivity contribution in [2.75, 3.05) is 6.61 Å². The van der Waals surface area contributed by atoms with Crippen LogP contribution < -0.4 is 16.0 Å². The third kappa shape index (κ3) is 4.92. The molecule has 8 bridgehead atoms. The van der Waals surface area contributed by atoms with Gasteiger partial charge in [0.15, 0.2) is 5.75 Å². The van der Waals surface area contributed by atoms with Crippen LogP contribution in [0.3, 0.4) is 0 Å². The number of hydrogen-bond donors (Lipinski definition) is 4. The first-order valence-corrected chi connectivity index (χ1v) is 13.2. The van der Waals surface area contributed by atoms with Gasteiger partial charge in [-0.2, -0.15) is 0 Å². The molecule has 1 fully saturated rings. The molecule has 41 heavy (non-hydrogen) atoms.